The molecule has 5 nitrogen and oxygen atoms in total. The molecule has 0 unspecified atom stereocenters. The molecule has 0 aliphatic heterocycles. The van der Waals surface area contributed by atoms with E-state index in [4.69, 9.17) is 11.0 Å². The van der Waals surface area contributed by atoms with Gasteiger partial charge in [0.25, 0.3) is 0 Å². The summed E-state index contributed by atoms with van der Waals surface area (Å²) in [6.45, 7) is 2.11. The number of nitrogens with zero attached hydrogens (tertiary/aromatic N) is 3. The molecule has 0 saturated carbocycles. The number of nitrogens with two attached hydrogens (primary N) is 1. The van der Waals surface area contributed by atoms with Gasteiger partial charge in [-0.25, -0.2) is 0 Å². The van der Waals surface area contributed by atoms with Gasteiger partial charge in [-0.1, -0.05) is 0 Å². The average Bonchev–Trinajstić information content (AvgIpc) is 2.14. The minimum absolute atomic E-state index is 0.0243. The lowest BCUT2D eigenvalue weighted by Gasteiger charge is -2.20. The highest BCUT2D eigenvalue weighted by Crippen LogP contribution is 1.90. The monoisotopic (exact) mass is 198 g/mol. The summed E-state index contributed by atoms with van der Waals surface area (Å²) < 4.78 is 0. The predicted molar refractivity (Wildman–Crippen MR) is 54.4 cm³/mol. The Morgan fingerprint density at radius 2 is 2.07 bits per heavy atom. The first-order chi connectivity index (χ1) is 6.61. The van der Waals surface area contributed by atoms with Crippen LogP contribution in [0.1, 0.15) is 6.42 Å². The number of amides is 1. The number of carbonyl (C=O) groups is 1. The highest BCUT2D eigenvalue weighted by Gasteiger charge is 2.10. The molecule has 0 aromatic rings. The van der Waals surface area contributed by atoms with Gasteiger partial charge >= 0.3 is 0 Å². The number of carbonyl (C=O) groups excluding carboxylic acids is 1. The summed E-state index contributed by atoms with van der Waals surface area (Å²) in [6, 6.07) is 2.00. The van der Waals surface area contributed by atoms with E-state index >= 15 is 0 Å². The van der Waals surface area contributed by atoms with E-state index in [2.05, 4.69) is 0 Å². The average molecular weight is 198 g/mol. The first-order valence-corrected chi connectivity index (χ1v) is 4.61. The van der Waals surface area contributed by atoms with Crippen LogP contribution >= 0.6 is 0 Å². The third-order valence-corrected chi connectivity index (χ3v) is 1.90. The van der Waals surface area contributed by atoms with E-state index in [1.165, 1.54) is 0 Å². The molecule has 2 N–H and O–H groups in total. The van der Waals surface area contributed by atoms with Crippen LogP contribution in [-0.2, 0) is 4.79 Å². The minimum atomic E-state index is 0.0243. The fraction of sp³-hybridized carbons (Fsp3) is 0.778. The molecule has 80 valence electrons. The van der Waals surface area contributed by atoms with Crippen LogP contribution in [0.5, 0.6) is 0 Å². The van der Waals surface area contributed by atoms with Crippen molar-refractivity contribution in [2.24, 2.45) is 5.73 Å². The van der Waals surface area contributed by atoms with Gasteiger partial charge in [-0.05, 0) is 7.05 Å². The largest absolute Gasteiger partial charge is 0.344 e. The van der Waals surface area contributed by atoms with E-state index in [1.54, 1.807) is 11.9 Å². The van der Waals surface area contributed by atoms with Crippen molar-refractivity contribution in [3.05, 3.63) is 0 Å². The van der Waals surface area contributed by atoms with Crippen molar-refractivity contribution in [2.45, 2.75) is 6.42 Å². The molecule has 0 bridgehead atoms. The van der Waals surface area contributed by atoms with Gasteiger partial charge in [0.2, 0.25) is 5.91 Å². The van der Waals surface area contributed by atoms with Crippen molar-refractivity contribution in [1.29, 1.82) is 5.26 Å². The van der Waals surface area contributed by atoms with E-state index in [0.29, 0.717) is 32.6 Å². The van der Waals surface area contributed by atoms with Crippen LogP contribution < -0.4 is 5.73 Å². The fourth-order valence-electron chi connectivity index (χ4n) is 0.993. The molecule has 14 heavy (non-hydrogen) atoms. The second-order valence-electron chi connectivity index (χ2n) is 3.25. The fourth-order valence-corrected chi connectivity index (χ4v) is 0.993. The number of nitriles is 1. The van der Waals surface area contributed by atoms with Crippen molar-refractivity contribution in [3.8, 4) is 6.07 Å². The van der Waals surface area contributed by atoms with Crippen LogP contribution in [0.25, 0.3) is 0 Å². The third kappa shape index (κ3) is 5.51. The zero-order valence-electron chi connectivity index (χ0n) is 8.86. The Morgan fingerprint density at radius 1 is 1.43 bits per heavy atom. The van der Waals surface area contributed by atoms with Crippen LogP contribution in [0.4, 0.5) is 0 Å². The number of hydrogen-bond acceptors (Lipinski definition) is 4. The lowest BCUT2D eigenvalue weighted by atomic mass is 10.4. The molecule has 0 spiro atoms. The molecule has 0 heterocycles. The first-order valence-electron chi connectivity index (χ1n) is 4.61. The summed E-state index contributed by atoms with van der Waals surface area (Å²) in [5.74, 6) is 0.0243. The Kier molecular flexibility index (Phi) is 6.72. The SMILES string of the molecule is CN(CCN)CC(=O)N(C)CCC#N. The van der Waals surface area contributed by atoms with Crippen LogP contribution in [0.3, 0.4) is 0 Å². The molecule has 0 aromatic heterocycles. The molecule has 1 amide bonds. The van der Waals surface area contributed by atoms with Crippen molar-refractivity contribution in [2.75, 3.05) is 40.3 Å². The maximum Gasteiger partial charge on any atom is 0.236 e. The smallest absolute Gasteiger partial charge is 0.236 e. The Balaban J connectivity index is 3.77. The summed E-state index contributed by atoms with van der Waals surface area (Å²) in [4.78, 5) is 14.9. The molecule has 5 heteroatoms. The van der Waals surface area contributed by atoms with Crippen LogP contribution in [0.15, 0.2) is 0 Å². The Morgan fingerprint density at radius 3 is 2.57 bits per heavy atom. The van der Waals surface area contributed by atoms with Crippen molar-refractivity contribution < 1.29 is 4.79 Å². The summed E-state index contributed by atoms with van der Waals surface area (Å²) in [5.41, 5.74) is 5.35. The molecular formula is C9H18N4O. The lowest BCUT2D eigenvalue weighted by Crippen LogP contribution is -2.38. The molecule has 0 atom stereocenters. The Bertz CT molecular complexity index is 211. The first kappa shape index (κ1) is 12.9. The van der Waals surface area contributed by atoms with Gasteiger partial charge in [0.15, 0.2) is 0 Å². The number of likely N-dealkylation sites (N-methyl/N-ethyl adjacent to an activating group) is 2. The summed E-state index contributed by atoms with van der Waals surface area (Å²) in [6.07, 6.45) is 0.378. The van der Waals surface area contributed by atoms with Gasteiger partial charge in [-0.3, -0.25) is 9.69 Å². The molecular weight excluding hydrogens is 180 g/mol. The van der Waals surface area contributed by atoms with Crippen LogP contribution in [-0.4, -0.2) is 56.0 Å². The summed E-state index contributed by atoms with van der Waals surface area (Å²) >= 11 is 0. The molecule has 0 aromatic carbocycles. The van der Waals surface area contributed by atoms with E-state index in [1.807, 2.05) is 18.0 Å². The van der Waals surface area contributed by atoms with E-state index in [0.717, 1.165) is 0 Å². The zero-order valence-corrected chi connectivity index (χ0v) is 8.86. The van der Waals surface area contributed by atoms with Crippen molar-refractivity contribution in [3.63, 3.8) is 0 Å². The second-order valence-corrected chi connectivity index (χ2v) is 3.25. The molecule has 0 aliphatic rings. The lowest BCUT2D eigenvalue weighted by molar-refractivity contribution is -0.130. The second kappa shape index (κ2) is 7.30. The van der Waals surface area contributed by atoms with Crippen LogP contribution in [0, 0.1) is 11.3 Å². The van der Waals surface area contributed by atoms with E-state index in [-0.39, 0.29) is 5.91 Å². The molecule has 0 rings (SSSR count). The minimum Gasteiger partial charge on any atom is -0.344 e. The summed E-state index contributed by atoms with van der Waals surface area (Å²) in [7, 11) is 3.55. The summed E-state index contributed by atoms with van der Waals surface area (Å²) in [5, 5.41) is 8.35. The van der Waals surface area contributed by atoms with Gasteiger partial charge in [0.1, 0.15) is 0 Å². The molecule has 0 aliphatic carbocycles. The van der Waals surface area contributed by atoms with Gasteiger partial charge in [-0.2, -0.15) is 5.26 Å². The Labute approximate surface area is 85.1 Å². The van der Waals surface area contributed by atoms with Gasteiger partial charge in [0, 0.05) is 26.7 Å². The maximum atomic E-state index is 11.5. The normalized spacial score (nSPS) is 9.93. The third-order valence-electron chi connectivity index (χ3n) is 1.90. The predicted octanol–water partition coefficient (Wildman–Crippen LogP) is -0.751. The van der Waals surface area contributed by atoms with Crippen molar-refractivity contribution in [1.82, 2.24) is 9.80 Å². The standard InChI is InChI=1S/C9H18N4O/c1-12(7-5-11)8-9(14)13(2)6-3-4-10/h3,5-8,11H2,1-2H3. The van der Waals surface area contributed by atoms with E-state index in [9.17, 15) is 4.79 Å². The molecule has 0 radical (unpaired) electrons. The number of hydrogen-bond donors (Lipinski definition) is 1. The van der Waals surface area contributed by atoms with Gasteiger partial charge < -0.3 is 10.6 Å². The topological polar surface area (TPSA) is 73.4 Å². The van der Waals surface area contributed by atoms with Crippen molar-refractivity contribution >= 4 is 5.91 Å². The Hall–Kier alpha value is -1.12. The van der Waals surface area contributed by atoms with Gasteiger partial charge in [0.05, 0.1) is 19.0 Å². The van der Waals surface area contributed by atoms with Crippen LogP contribution in [0.2, 0.25) is 0 Å². The number of rotatable bonds is 6. The van der Waals surface area contributed by atoms with Gasteiger partial charge in [-0.15, -0.1) is 0 Å². The highest BCUT2D eigenvalue weighted by atomic mass is 16.2. The molecule has 0 saturated heterocycles. The maximum absolute atomic E-state index is 11.5. The molecule has 0 fully saturated rings. The zero-order chi connectivity index (χ0) is 11.0. The quantitative estimate of drug-likeness (QED) is 0.609. The van der Waals surface area contributed by atoms with E-state index < -0.39 is 0 Å². The highest BCUT2D eigenvalue weighted by molar-refractivity contribution is 5.77.